The van der Waals surface area contributed by atoms with Gasteiger partial charge in [0.15, 0.2) is 5.15 Å². The van der Waals surface area contributed by atoms with Gasteiger partial charge in [0.05, 0.1) is 14.6 Å². The van der Waals surface area contributed by atoms with E-state index < -0.39 is 0 Å². The fraction of sp³-hybridized carbons (Fsp3) is 0.0833. The van der Waals surface area contributed by atoms with Gasteiger partial charge in [0.25, 0.3) is 0 Å². The summed E-state index contributed by atoms with van der Waals surface area (Å²) in [7, 11) is 0. The standard InChI is InChI=1S/C12H9Br2ClN2O/c13-8-4-7(5-9(14)11(8)18)6-17-10-2-1-3-16-12(10)15/h1-5,17-18H,6H2. The molecule has 1 aromatic heterocycles. The molecule has 0 saturated heterocycles. The van der Waals surface area contributed by atoms with Crippen LogP contribution in [0.1, 0.15) is 5.56 Å². The number of halogens is 3. The number of hydrogen-bond acceptors (Lipinski definition) is 3. The molecule has 0 fully saturated rings. The average molecular weight is 392 g/mol. The molecule has 0 bridgehead atoms. The lowest BCUT2D eigenvalue weighted by atomic mass is 10.2. The second-order valence-electron chi connectivity index (χ2n) is 3.60. The molecular weight excluding hydrogens is 383 g/mol. The Hall–Kier alpha value is -0.780. The van der Waals surface area contributed by atoms with Crippen LogP contribution in [0.4, 0.5) is 5.69 Å². The number of phenolic OH excluding ortho intramolecular Hbond substituents is 1. The Kier molecular flexibility index (Phi) is 4.48. The molecular formula is C12H9Br2ClN2O. The Morgan fingerprint density at radius 2 is 1.94 bits per heavy atom. The maximum absolute atomic E-state index is 9.61. The number of nitrogens with zero attached hydrogens (tertiary/aromatic N) is 1. The predicted octanol–water partition coefficient (Wildman–Crippen LogP) is 4.58. The molecule has 94 valence electrons. The number of aromatic nitrogens is 1. The van der Waals surface area contributed by atoms with Gasteiger partial charge in [-0.25, -0.2) is 4.98 Å². The Bertz CT molecular complexity index is 555. The van der Waals surface area contributed by atoms with E-state index in [4.69, 9.17) is 11.6 Å². The van der Waals surface area contributed by atoms with Gasteiger partial charge in [0, 0.05) is 12.7 Å². The second kappa shape index (κ2) is 5.91. The first-order valence-electron chi connectivity index (χ1n) is 5.09. The maximum atomic E-state index is 9.61. The lowest BCUT2D eigenvalue weighted by molar-refractivity contribution is 0.468. The summed E-state index contributed by atoms with van der Waals surface area (Å²) in [5.41, 5.74) is 1.78. The van der Waals surface area contributed by atoms with Crippen molar-refractivity contribution in [2.24, 2.45) is 0 Å². The van der Waals surface area contributed by atoms with Crippen LogP contribution < -0.4 is 5.32 Å². The lowest BCUT2D eigenvalue weighted by Gasteiger charge is -2.09. The number of phenols is 1. The number of pyridine rings is 1. The summed E-state index contributed by atoms with van der Waals surface area (Å²) in [6.07, 6.45) is 1.64. The first-order valence-corrected chi connectivity index (χ1v) is 7.05. The fourth-order valence-corrected chi connectivity index (χ4v) is 2.90. The lowest BCUT2D eigenvalue weighted by Crippen LogP contribution is -2.00. The Morgan fingerprint density at radius 3 is 2.56 bits per heavy atom. The minimum atomic E-state index is 0.193. The van der Waals surface area contributed by atoms with Gasteiger partial charge in [-0.2, -0.15) is 0 Å². The summed E-state index contributed by atoms with van der Waals surface area (Å²) in [6.45, 7) is 0.586. The van der Waals surface area contributed by atoms with E-state index in [1.54, 1.807) is 6.20 Å². The second-order valence-corrected chi connectivity index (χ2v) is 5.67. The third kappa shape index (κ3) is 3.16. The zero-order chi connectivity index (χ0) is 13.1. The number of nitrogens with one attached hydrogen (secondary N) is 1. The summed E-state index contributed by atoms with van der Waals surface area (Å²) in [6, 6.07) is 7.37. The molecule has 0 unspecified atom stereocenters. The SMILES string of the molecule is Oc1c(Br)cc(CNc2cccnc2Cl)cc1Br. The van der Waals surface area contributed by atoms with Gasteiger partial charge in [-0.05, 0) is 61.7 Å². The molecule has 2 N–H and O–H groups in total. The van der Waals surface area contributed by atoms with Gasteiger partial charge in [-0.15, -0.1) is 0 Å². The smallest absolute Gasteiger partial charge is 0.152 e. The molecule has 6 heteroatoms. The molecule has 0 aliphatic heterocycles. The minimum Gasteiger partial charge on any atom is -0.506 e. The summed E-state index contributed by atoms with van der Waals surface area (Å²) >= 11 is 12.5. The monoisotopic (exact) mass is 390 g/mol. The highest BCUT2D eigenvalue weighted by Gasteiger charge is 2.06. The van der Waals surface area contributed by atoms with E-state index in [-0.39, 0.29) is 5.75 Å². The van der Waals surface area contributed by atoms with Crippen LogP contribution in [0.15, 0.2) is 39.4 Å². The van der Waals surface area contributed by atoms with Crippen molar-refractivity contribution in [2.75, 3.05) is 5.32 Å². The maximum Gasteiger partial charge on any atom is 0.152 e. The van der Waals surface area contributed by atoms with Crippen LogP contribution in [0, 0.1) is 0 Å². The topological polar surface area (TPSA) is 45.1 Å². The molecule has 18 heavy (non-hydrogen) atoms. The fourth-order valence-electron chi connectivity index (χ4n) is 1.44. The predicted molar refractivity (Wildman–Crippen MR) is 80.1 cm³/mol. The quantitative estimate of drug-likeness (QED) is 0.752. The summed E-state index contributed by atoms with van der Waals surface area (Å²) in [5.74, 6) is 0.193. The number of benzene rings is 1. The zero-order valence-electron chi connectivity index (χ0n) is 9.12. The normalized spacial score (nSPS) is 10.4. The number of aromatic hydroxyl groups is 1. The van der Waals surface area contributed by atoms with Gasteiger partial charge < -0.3 is 10.4 Å². The first kappa shape index (κ1) is 13.6. The zero-order valence-corrected chi connectivity index (χ0v) is 13.1. The van der Waals surface area contributed by atoms with Crippen molar-refractivity contribution in [3.63, 3.8) is 0 Å². The van der Waals surface area contributed by atoms with E-state index in [0.717, 1.165) is 11.3 Å². The summed E-state index contributed by atoms with van der Waals surface area (Å²) in [5, 5.41) is 13.2. The Morgan fingerprint density at radius 1 is 1.28 bits per heavy atom. The molecule has 0 radical (unpaired) electrons. The van der Waals surface area contributed by atoms with E-state index in [0.29, 0.717) is 20.6 Å². The molecule has 3 nitrogen and oxygen atoms in total. The summed E-state index contributed by atoms with van der Waals surface area (Å²) < 4.78 is 1.29. The molecule has 0 atom stereocenters. The molecule has 2 rings (SSSR count). The molecule has 0 aliphatic carbocycles. The van der Waals surface area contributed by atoms with Gasteiger partial charge in [-0.1, -0.05) is 11.6 Å². The van der Waals surface area contributed by atoms with Crippen molar-refractivity contribution in [3.05, 3.63) is 50.1 Å². The highest BCUT2D eigenvalue weighted by molar-refractivity contribution is 9.11. The molecule has 0 aliphatic rings. The van der Waals surface area contributed by atoms with Crippen LogP contribution >= 0.6 is 43.5 Å². The Balaban J connectivity index is 2.14. The summed E-state index contributed by atoms with van der Waals surface area (Å²) in [4.78, 5) is 3.99. The number of rotatable bonds is 3. The van der Waals surface area contributed by atoms with E-state index in [1.165, 1.54) is 0 Å². The van der Waals surface area contributed by atoms with Gasteiger partial charge >= 0.3 is 0 Å². The molecule has 0 amide bonds. The molecule has 1 heterocycles. The van der Waals surface area contributed by atoms with Crippen LogP contribution in [-0.4, -0.2) is 10.1 Å². The molecule has 0 saturated carbocycles. The molecule has 2 aromatic rings. The van der Waals surface area contributed by atoms with E-state index in [9.17, 15) is 5.11 Å². The van der Waals surface area contributed by atoms with Crippen molar-refractivity contribution < 1.29 is 5.11 Å². The Labute approximate surface area is 126 Å². The average Bonchev–Trinajstić information content (AvgIpc) is 2.35. The third-order valence-electron chi connectivity index (χ3n) is 2.32. The molecule has 1 aromatic carbocycles. The van der Waals surface area contributed by atoms with E-state index >= 15 is 0 Å². The van der Waals surface area contributed by atoms with Crippen molar-refractivity contribution in [1.29, 1.82) is 0 Å². The van der Waals surface area contributed by atoms with Crippen LogP contribution in [0.25, 0.3) is 0 Å². The first-order chi connectivity index (χ1) is 8.58. The van der Waals surface area contributed by atoms with Crippen LogP contribution in [0.3, 0.4) is 0 Å². The minimum absolute atomic E-state index is 0.193. The van der Waals surface area contributed by atoms with E-state index in [1.807, 2.05) is 24.3 Å². The highest BCUT2D eigenvalue weighted by Crippen LogP contribution is 2.33. The van der Waals surface area contributed by atoms with E-state index in [2.05, 4.69) is 42.2 Å². The van der Waals surface area contributed by atoms with Crippen LogP contribution in [-0.2, 0) is 6.54 Å². The van der Waals surface area contributed by atoms with Crippen molar-refractivity contribution >= 4 is 49.1 Å². The van der Waals surface area contributed by atoms with Crippen molar-refractivity contribution in [3.8, 4) is 5.75 Å². The third-order valence-corrected chi connectivity index (χ3v) is 3.83. The van der Waals surface area contributed by atoms with Crippen molar-refractivity contribution in [2.45, 2.75) is 6.54 Å². The largest absolute Gasteiger partial charge is 0.506 e. The van der Waals surface area contributed by atoms with Gasteiger partial charge in [0.2, 0.25) is 0 Å². The van der Waals surface area contributed by atoms with Crippen LogP contribution in [0.5, 0.6) is 5.75 Å². The van der Waals surface area contributed by atoms with Crippen LogP contribution in [0.2, 0.25) is 5.15 Å². The number of anilines is 1. The molecule has 0 spiro atoms. The van der Waals surface area contributed by atoms with Gasteiger partial charge in [0.1, 0.15) is 5.75 Å². The van der Waals surface area contributed by atoms with Crippen molar-refractivity contribution in [1.82, 2.24) is 4.98 Å². The van der Waals surface area contributed by atoms with Gasteiger partial charge in [-0.3, -0.25) is 0 Å². The highest BCUT2D eigenvalue weighted by atomic mass is 79.9. The number of hydrogen-bond donors (Lipinski definition) is 2.